The van der Waals surface area contributed by atoms with Gasteiger partial charge in [-0.05, 0) is 6.42 Å². The molecule has 1 heterocycles. The highest BCUT2D eigenvalue weighted by molar-refractivity contribution is 6.29. The van der Waals surface area contributed by atoms with Crippen LogP contribution in [-0.2, 0) is 6.42 Å². The van der Waals surface area contributed by atoms with Crippen LogP contribution < -0.4 is 5.32 Å². The summed E-state index contributed by atoms with van der Waals surface area (Å²) >= 11 is 5.64. The van der Waals surface area contributed by atoms with E-state index in [1.165, 1.54) is 0 Å². The summed E-state index contributed by atoms with van der Waals surface area (Å²) in [5, 5.41) is 3.35. The van der Waals surface area contributed by atoms with Gasteiger partial charge in [-0.3, -0.25) is 4.98 Å². The number of aromatic nitrogens is 2. The molecule has 0 aliphatic rings. The third-order valence-corrected chi connectivity index (χ3v) is 1.57. The number of nitrogens with one attached hydrogen (secondary N) is 1. The highest BCUT2D eigenvalue weighted by atomic mass is 35.5. The van der Waals surface area contributed by atoms with Crippen molar-refractivity contribution in [1.29, 1.82) is 0 Å². The van der Waals surface area contributed by atoms with E-state index in [1.807, 2.05) is 6.92 Å². The van der Waals surface area contributed by atoms with Crippen molar-refractivity contribution >= 4 is 17.4 Å². The lowest BCUT2D eigenvalue weighted by Crippen LogP contribution is -2.00. The van der Waals surface area contributed by atoms with Crippen LogP contribution in [-0.4, -0.2) is 17.0 Å². The van der Waals surface area contributed by atoms with Crippen LogP contribution in [0.15, 0.2) is 6.20 Å². The van der Waals surface area contributed by atoms with E-state index >= 15 is 0 Å². The van der Waals surface area contributed by atoms with Crippen LogP contribution in [0.2, 0.25) is 5.15 Å². The fourth-order valence-corrected chi connectivity index (χ4v) is 0.985. The Hall–Kier alpha value is -0.830. The Kier molecular flexibility index (Phi) is 2.65. The van der Waals surface area contributed by atoms with E-state index in [0.717, 1.165) is 17.9 Å². The molecule has 60 valence electrons. The van der Waals surface area contributed by atoms with Crippen LogP contribution in [0.4, 0.5) is 5.82 Å². The molecule has 4 heteroatoms. The molecule has 1 N–H and O–H groups in total. The molecule has 1 aromatic heterocycles. The summed E-state index contributed by atoms with van der Waals surface area (Å²) in [4.78, 5) is 8.16. The molecule has 1 aromatic rings. The molecular formula is C7H10ClN3. The van der Waals surface area contributed by atoms with Gasteiger partial charge in [0.05, 0.1) is 11.9 Å². The predicted octanol–water partition coefficient (Wildman–Crippen LogP) is 1.73. The molecule has 0 atom stereocenters. The van der Waals surface area contributed by atoms with E-state index in [1.54, 1.807) is 13.2 Å². The quantitative estimate of drug-likeness (QED) is 0.737. The molecular weight excluding hydrogens is 162 g/mol. The predicted molar refractivity (Wildman–Crippen MR) is 46.0 cm³/mol. The minimum Gasteiger partial charge on any atom is -0.372 e. The summed E-state index contributed by atoms with van der Waals surface area (Å²) in [5.41, 5.74) is 0.942. The average molecular weight is 172 g/mol. The standard InChI is InChI=1S/C7H10ClN3/c1-3-5-7(9-2)11-6(8)4-10-5/h4H,3H2,1-2H3,(H,9,11). The smallest absolute Gasteiger partial charge is 0.149 e. The van der Waals surface area contributed by atoms with Crippen LogP contribution in [0.1, 0.15) is 12.6 Å². The van der Waals surface area contributed by atoms with E-state index in [2.05, 4.69) is 15.3 Å². The number of hydrogen-bond acceptors (Lipinski definition) is 3. The van der Waals surface area contributed by atoms with Crippen LogP contribution in [0.25, 0.3) is 0 Å². The lowest BCUT2D eigenvalue weighted by Gasteiger charge is -2.03. The highest BCUT2D eigenvalue weighted by Gasteiger charge is 2.01. The van der Waals surface area contributed by atoms with Crippen molar-refractivity contribution in [3.8, 4) is 0 Å². The number of hydrogen-bond donors (Lipinski definition) is 1. The fraction of sp³-hybridized carbons (Fsp3) is 0.429. The van der Waals surface area contributed by atoms with E-state index in [4.69, 9.17) is 11.6 Å². The summed E-state index contributed by atoms with van der Waals surface area (Å²) < 4.78 is 0. The first kappa shape index (κ1) is 8.27. The van der Waals surface area contributed by atoms with Gasteiger partial charge in [-0.15, -0.1) is 0 Å². The van der Waals surface area contributed by atoms with Crippen molar-refractivity contribution in [1.82, 2.24) is 9.97 Å². The Labute approximate surface area is 70.8 Å². The third-order valence-electron chi connectivity index (χ3n) is 1.39. The van der Waals surface area contributed by atoms with Crippen LogP contribution in [0, 0.1) is 0 Å². The van der Waals surface area contributed by atoms with Gasteiger partial charge >= 0.3 is 0 Å². The molecule has 0 saturated heterocycles. The zero-order chi connectivity index (χ0) is 8.27. The zero-order valence-corrected chi connectivity index (χ0v) is 7.31. The van der Waals surface area contributed by atoms with Gasteiger partial charge in [0.2, 0.25) is 0 Å². The topological polar surface area (TPSA) is 37.8 Å². The Morgan fingerprint density at radius 3 is 2.91 bits per heavy atom. The number of anilines is 1. The number of nitrogens with zero attached hydrogens (tertiary/aromatic N) is 2. The largest absolute Gasteiger partial charge is 0.372 e. The first-order valence-electron chi connectivity index (χ1n) is 3.47. The molecule has 0 saturated carbocycles. The summed E-state index contributed by atoms with van der Waals surface area (Å²) in [6, 6.07) is 0. The lowest BCUT2D eigenvalue weighted by molar-refractivity contribution is 1.00. The van der Waals surface area contributed by atoms with E-state index < -0.39 is 0 Å². The maximum atomic E-state index is 5.64. The molecule has 0 bridgehead atoms. The van der Waals surface area contributed by atoms with Crippen molar-refractivity contribution in [2.75, 3.05) is 12.4 Å². The van der Waals surface area contributed by atoms with Gasteiger partial charge in [-0.2, -0.15) is 0 Å². The first-order chi connectivity index (χ1) is 5.27. The van der Waals surface area contributed by atoms with Gasteiger partial charge in [-0.25, -0.2) is 4.98 Å². The van der Waals surface area contributed by atoms with Crippen LogP contribution in [0.3, 0.4) is 0 Å². The van der Waals surface area contributed by atoms with Gasteiger partial charge in [0.15, 0.2) is 0 Å². The van der Waals surface area contributed by atoms with E-state index in [-0.39, 0.29) is 0 Å². The second-order valence-corrected chi connectivity index (χ2v) is 2.48. The van der Waals surface area contributed by atoms with Gasteiger partial charge in [0.1, 0.15) is 11.0 Å². The molecule has 0 fully saturated rings. The molecule has 0 spiro atoms. The molecule has 11 heavy (non-hydrogen) atoms. The van der Waals surface area contributed by atoms with Crippen molar-refractivity contribution in [3.63, 3.8) is 0 Å². The molecule has 1 rings (SSSR count). The summed E-state index contributed by atoms with van der Waals surface area (Å²) in [5.74, 6) is 0.764. The van der Waals surface area contributed by atoms with Crippen molar-refractivity contribution < 1.29 is 0 Å². The Morgan fingerprint density at radius 2 is 2.36 bits per heavy atom. The van der Waals surface area contributed by atoms with Gasteiger partial charge in [0, 0.05) is 7.05 Å². The van der Waals surface area contributed by atoms with Crippen LogP contribution in [0.5, 0.6) is 0 Å². The second-order valence-electron chi connectivity index (χ2n) is 2.09. The summed E-state index contributed by atoms with van der Waals surface area (Å²) in [7, 11) is 1.81. The SMILES string of the molecule is CCc1ncc(Cl)nc1NC. The number of aryl methyl sites for hydroxylation is 1. The lowest BCUT2D eigenvalue weighted by atomic mass is 10.3. The maximum Gasteiger partial charge on any atom is 0.149 e. The van der Waals surface area contributed by atoms with Gasteiger partial charge in [-0.1, -0.05) is 18.5 Å². The monoisotopic (exact) mass is 171 g/mol. The third kappa shape index (κ3) is 1.80. The van der Waals surface area contributed by atoms with Gasteiger partial charge in [0.25, 0.3) is 0 Å². The zero-order valence-electron chi connectivity index (χ0n) is 6.56. The first-order valence-corrected chi connectivity index (χ1v) is 3.85. The molecule has 0 aliphatic heterocycles. The number of rotatable bonds is 2. The second kappa shape index (κ2) is 3.53. The Morgan fingerprint density at radius 1 is 1.64 bits per heavy atom. The van der Waals surface area contributed by atoms with E-state index in [0.29, 0.717) is 5.15 Å². The molecule has 3 nitrogen and oxygen atoms in total. The van der Waals surface area contributed by atoms with Gasteiger partial charge < -0.3 is 5.32 Å². The van der Waals surface area contributed by atoms with Crippen molar-refractivity contribution in [2.24, 2.45) is 0 Å². The minimum absolute atomic E-state index is 0.423. The Balaban J connectivity index is 3.06. The molecule has 0 amide bonds. The fourth-order valence-electron chi connectivity index (χ4n) is 0.851. The molecule has 0 radical (unpaired) electrons. The van der Waals surface area contributed by atoms with Crippen molar-refractivity contribution in [3.05, 3.63) is 17.0 Å². The Bertz CT molecular complexity index is 249. The number of halogens is 1. The summed E-state index contributed by atoms with van der Waals surface area (Å²) in [6.07, 6.45) is 2.42. The highest BCUT2D eigenvalue weighted by Crippen LogP contribution is 2.12. The normalized spacial score (nSPS) is 9.73. The van der Waals surface area contributed by atoms with Crippen molar-refractivity contribution in [2.45, 2.75) is 13.3 Å². The molecule has 0 aromatic carbocycles. The maximum absolute atomic E-state index is 5.64. The van der Waals surface area contributed by atoms with Crippen LogP contribution >= 0.6 is 11.6 Å². The summed E-state index contributed by atoms with van der Waals surface area (Å²) in [6.45, 7) is 2.03. The molecule has 0 aliphatic carbocycles. The average Bonchev–Trinajstić information content (AvgIpc) is 2.04. The molecule has 0 unspecified atom stereocenters. The minimum atomic E-state index is 0.423. The van der Waals surface area contributed by atoms with E-state index in [9.17, 15) is 0 Å².